The average molecular weight is 347 g/mol. The molecule has 1 aliphatic carbocycles. The van der Waals surface area contributed by atoms with Crippen LogP contribution in [-0.4, -0.2) is 20.1 Å². The van der Waals surface area contributed by atoms with Gasteiger partial charge in [-0.3, -0.25) is 4.72 Å². The zero-order chi connectivity index (χ0) is 15.6. The van der Waals surface area contributed by atoms with Crippen molar-refractivity contribution in [2.45, 2.75) is 33.1 Å². The Kier molecular flexibility index (Phi) is 5.18. The Bertz CT molecular complexity index is 661. The lowest BCUT2D eigenvalue weighted by Crippen LogP contribution is -2.22. The highest BCUT2D eigenvalue weighted by molar-refractivity contribution is 7.92. The lowest BCUT2D eigenvalue weighted by Gasteiger charge is -2.17. The third kappa shape index (κ3) is 3.91. The molecule has 2 rings (SSSR count). The molecule has 2 atom stereocenters. The molecule has 2 unspecified atom stereocenters. The molecule has 4 nitrogen and oxygen atoms in total. The molecule has 116 valence electrons. The standard InChI is InChI=1S/C14H19ClN2O2S2/c1-9-3-4-11-12(7-16)14(20-13(11)5-9)17-21(18,19)8-10(2)6-15/h9-10,17H,3-6,8H2,1-2H3. The monoisotopic (exact) mass is 346 g/mol. The number of hydrogen-bond acceptors (Lipinski definition) is 4. The number of fused-ring (bicyclic) bond motifs is 1. The molecule has 0 bridgehead atoms. The summed E-state index contributed by atoms with van der Waals surface area (Å²) >= 11 is 7.08. The molecule has 0 spiro atoms. The molecular weight excluding hydrogens is 328 g/mol. The Morgan fingerprint density at radius 1 is 1.57 bits per heavy atom. The number of alkyl halides is 1. The summed E-state index contributed by atoms with van der Waals surface area (Å²) in [7, 11) is -3.47. The maximum atomic E-state index is 12.1. The number of nitrogens with zero attached hydrogens (tertiary/aromatic N) is 1. The van der Waals surface area contributed by atoms with Crippen molar-refractivity contribution in [2.24, 2.45) is 11.8 Å². The summed E-state index contributed by atoms with van der Waals surface area (Å²) in [5.74, 6) is 0.734. The highest BCUT2D eigenvalue weighted by atomic mass is 35.5. The van der Waals surface area contributed by atoms with Gasteiger partial charge in [-0.15, -0.1) is 22.9 Å². The third-order valence-electron chi connectivity index (χ3n) is 3.64. The Morgan fingerprint density at radius 2 is 2.29 bits per heavy atom. The van der Waals surface area contributed by atoms with Crippen molar-refractivity contribution in [3.63, 3.8) is 0 Å². The quantitative estimate of drug-likeness (QED) is 0.831. The van der Waals surface area contributed by atoms with E-state index in [-0.39, 0.29) is 11.7 Å². The fourth-order valence-electron chi connectivity index (χ4n) is 2.54. The minimum atomic E-state index is -3.47. The average Bonchev–Trinajstić information content (AvgIpc) is 2.72. The minimum Gasteiger partial charge on any atom is -0.273 e. The van der Waals surface area contributed by atoms with Crippen molar-refractivity contribution < 1.29 is 8.42 Å². The van der Waals surface area contributed by atoms with E-state index >= 15 is 0 Å². The predicted molar refractivity (Wildman–Crippen MR) is 87.5 cm³/mol. The van der Waals surface area contributed by atoms with Gasteiger partial charge in [0.2, 0.25) is 10.0 Å². The van der Waals surface area contributed by atoms with Gasteiger partial charge in [-0.1, -0.05) is 13.8 Å². The largest absolute Gasteiger partial charge is 0.273 e. The number of thiophene rings is 1. The highest BCUT2D eigenvalue weighted by Crippen LogP contribution is 2.39. The van der Waals surface area contributed by atoms with E-state index < -0.39 is 10.0 Å². The lowest BCUT2D eigenvalue weighted by molar-refractivity contribution is 0.507. The summed E-state index contributed by atoms with van der Waals surface area (Å²) in [6.07, 6.45) is 2.83. The van der Waals surface area contributed by atoms with Gasteiger partial charge in [-0.05, 0) is 36.7 Å². The normalized spacial score (nSPS) is 19.6. The van der Waals surface area contributed by atoms with Crippen molar-refractivity contribution >= 4 is 38.0 Å². The maximum absolute atomic E-state index is 12.1. The minimum absolute atomic E-state index is 0.0274. The van der Waals surface area contributed by atoms with E-state index in [0.29, 0.717) is 22.4 Å². The molecule has 0 radical (unpaired) electrons. The molecule has 1 aromatic heterocycles. The van der Waals surface area contributed by atoms with Gasteiger partial charge in [0.15, 0.2) is 0 Å². The molecule has 0 aliphatic heterocycles. The van der Waals surface area contributed by atoms with Crippen molar-refractivity contribution in [2.75, 3.05) is 16.4 Å². The van der Waals surface area contributed by atoms with Crippen molar-refractivity contribution in [1.82, 2.24) is 0 Å². The molecular formula is C14H19ClN2O2S2. The zero-order valence-electron chi connectivity index (χ0n) is 12.1. The summed E-state index contributed by atoms with van der Waals surface area (Å²) in [4.78, 5) is 1.15. The maximum Gasteiger partial charge on any atom is 0.233 e. The zero-order valence-corrected chi connectivity index (χ0v) is 14.5. The van der Waals surface area contributed by atoms with Gasteiger partial charge in [0.05, 0.1) is 11.3 Å². The summed E-state index contributed by atoms with van der Waals surface area (Å²) < 4.78 is 26.9. The molecule has 1 N–H and O–H groups in total. The number of nitrogens with one attached hydrogen (secondary N) is 1. The van der Waals surface area contributed by atoms with E-state index in [1.54, 1.807) is 6.92 Å². The molecule has 0 saturated heterocycles. The van der Waals surface area contributed by atoms with Crippen LogP contribution in [0.15, 0.2) is 0 Å². The number of sulfonamides is 1. The van der Waals surface area contributed by atoms with Crippen LogP contribution in [-0.2, 0) is 22.9 Å². The fourth-order valence-corrected chi connectivity index (χ4v) is 5.88. The smallest absolute Gasteiger partial charge is 0.233 e. The second kappa shape index (κ2) is 6.55. The molecule has 7 heteroatoms. The van der Waals surface area contributed by atoms with Gasteiger partial charge in [-0.2, -0.15) is 5.26 Å². The molecule has 1 heterocycles. The first kappa shape index (κ1) is 16.6. The molecule has 0 saturated carbocycles. The van der Waals surface area contributed by atoms with E-state index in [2.05, 4.69) is 17.7 Å². The molecule has 21 heavy (non-hydrogen) atoms. The van der Waals surface area contributed by atoms with Crippen LogP contribution in [0.4, 0.5) is 5.00 Å². The third-order valence-corrected chi connectivity index (χ3v) is 6.99. The van der Waals surface area contributed by atoms with Gasteiger partial charge >= 0.3 is 0 Å². The molecule has 0 aromatic carbocycles. The molecule has 1 aromatic rings. The topological polar surface area (TPSA) is 70.0 Å². The van der Waals surface area contributed by atoms with Crippen molar-refractivity contribution in [3.8, 4) is 6.07 Å². The van der Waals surface area contributed by atoms with E-state index in [1.165, 1.54) is 11.3 Å². The Morgan fingerprint density at radius 3 is 2.90 bits per heavy atom. The fraction of sp³-hybridized carbons (Fsp3) is 0.643. The predicted octanol–water partition coefficient (Wildman–Crippen LogP) is 3.36. The second-order valence-electron chi connectivity index (χ2n) is 5.81. The van der Waals surface area contributed by atoms with E-state index in [9.17, 15) is 13.7 Å². The first-order valence-corrected chi connectivity index (χ1v) is 9.97. The van der Waals surface area contributed by atoms with Gasteiger partial charge in [0.25, 0.3) is 0 Å². The number of halogens is 1. The van der Waals surface area contributed by atoms with Crippen LogP contribution in [0.3, 0.4) is 0 Å². The van der Waals surface area contributed by atoms with Crippen LogP contribution < -0.4 is 4.72 Å². The van der Waals surface area contributed by atoms with Crippen LogP contribution in [0.1, 0.15) is 36.3 Å². The van der Waals surface area contributed by atoms with E-state index in [4.69, 9.17) is 11.6 Å². The lowest BCUT2D eigenvalue weighted by atomic mass is 9.89. The number of hydrogen-bond donors (Lipinski definition) is 1. The summed E-state index contributed by atoms with van der Waals surface area (Å²) in [6.45, 7) is 3.97. The number of anilines is 1. The van der Waals surface area contributed by atoms with Crippen LogP contribution in [0.2, 0.25) is 0 Å². The summed E-state index contributed by atoms with van der Waals surface area (Å²) in [6, 6.07) is 2.17. The first-order chi connectivity index (χ1) is 9.86. The molecule has 0 fully saturated rings. The summed E-state index contributed by atoms with van der Waals surface area (Å²) in [5.41, 5.74) is 1.53. The SMILES string of the molecule is CC1CCc2c(sc(NS(=O)(=O)CC(C)CCl)c2C#N)C1. The summed E-state index contributed by atoms with van der Waals surface area (Å²) in [5, 5.41) is 9.83. The van der Waals surface area contributed by atoms with Crippen LogP contribution in [0.5, 0.6) is 0 Å². The Hall–Kier alpha value is -0.770. The van der Waals surface area contributed by atoms with Gasteiger partial charge in [0, 0.05) is 10.8 Å². The van der Waals surface area contributed by atoms with Gasteiger partial charge in [-0.25, -0.2) is 8.42 Å². The van der Waals surface area contributed by atoms with Gasteiger partial charge < -0.3 is 0 Å². The van der Waals surface area contributed by atoms with Gasteiger partial charge in [0.1, 0.15) is 11.1 Å². The van der Waals surface area contributed by atoms with Crippen LogP contribution in [0, 0.1) is 23.2 Å². The highest BCUT2D eigenvalue weighted by Gasteiger charge is 2.26. The van der Waals surface area contributed by atoms with Crippen molar-refractivity contribution in [3.05, 3.63) is 16.0 Å². The number of nitriles is 1. The number of rotatable bonds is 5. The molecule has 1 aliphatic rings. The molecule has 0 amide bonds. The Balaban J connectivity index is 2.27. The second-order valence-corrected chi connectivity index (χ2v) is 8.99. The van der Waals surface area contributed by atoms with Crippen LogP contribution in [0.25, 0.3) is 0 Å². The van der Waals surface area contributed by atoms with E-state index in [0.717, 1.165) is 29.7 Å². The van der Waals surface area contributed by atoms with Crippen LogP contribution >= 0.6 is 22.9 Å². The Labute approximate surface area is 135 Å². The first-order valence-electron chi connectivity index (χ1n) is 6.97. The van der Waals surface area contributed by atoms with E-state index in [1.807, 2.05) is 0 Å². The van der Waals surface area contributed by atoms with Crippen molar-refractivity contribution in [1.29, 1.82) is 5.26 Å².